The quantitative estimate of drug-likeness (QED) is 0.599. The third kappa shape index (κ3) is 5.43. The monoisotopic (exact) mass is 463 g/mol. The van der Waals surface area contributed by atoms with Crippen LogP contribution in [0.4, 0.5) is 5.69 Å². The van der Waals surface area contributed by atoms with Gasteiger partial charge in [-0.15, -0.1) is 0 Å². The minimum absolute atomic E-state index is 0.0664. The number of hydrogen-bond acceptors (Lipinski definition) is 4. The van der Waals surface area contributed by atoms with Gasteiger partial charge in [-0.25, -0.2) is 8.42 Å². The second kappa shape index (κ2) is 9.77. The van der Waals surface area contributed by atoms with E-state index in [1.807, 2.05) is 30.0 Å². The van der Waals surface area contributed by atoms with Crippen molar-refractivity contribution in [3.8, 4) is 0 Å². The minimum Gasteiger partial charge on any atom is -0.336 e. The summed E-state index contributed by atoms with van der Waals surface area (Å²) in [6, 6.07) is 22.2. The summed E-state index contributed by atoms with van der Waals surface area (Å²) in [6.07, 6.45) is 0. The van der Waals surface area contributed by atoms with Crippen molar-refractivity contribution in [2.45, 2.75) is 25.3 Å². The van der Waals surface area contributed by atoms with Crippen LogP contribution in [0.1, 0.15) is 27.0 Å². The molecule has 3 aromatic rings. The van der Waals surface area contributed by atoms with Gasteiger partial charge in [0.2, 0.25) is 0 Å². The van der Waals surface area contributed by atoms with Crippen molar-refractivity contribution in [2.75, 3.05) is 30.9 Å². The van der Waals surface area contributed by atoms with Gasteiger partial charge < -0.3 is 4.90 Å². The molecule has 6 nitrogen and oxygen atoms in total. The maximum Gasteiger partial charge on any atom is 0.261 e. The molecule has 1 heterocycles. The molecule has 1 aliphatic rings. The normalized spacial score (nSPS) is 14.8. The first-order chi connectivity index (χ1) is 15.8. The predicted molar refractivity (Wildman–Crippen MR) is 131 cm³/mol. The van der Waals surface area contributed by atoms with Crippen molar-refractivity contribution in [1.29, 1.82) is 0 Å². The number of piperazine rings is 1. The third-order valence-electron chi connectivity index (χ3n) is 6.05. The van der Waals surface area contributed by atoms with Gasteiger partial charge in [0.1, 0.15) is 0 Å². The summed E-state index contributed by atoms with van der Waals surface area (Å²) in [7, 11) is -3.74. The molecular formula is C26H29N3O3S. The zero-order valence-corrected chi connectivity index (χ0v) is 19.8. The number of carbonyl (C=O) groups is 1. The van der Waals surface area contributed by atoms with E-state index in [0.717, 1.165) is 25.2 Å². The molecule has 0 unspecified atom stereocenters. The summed E-state index contributed by atoms with van der Waals surface area (Å²) in [5.41, 5.74) is 3.83. The molecule has 0 bridgehead atoms. The highest BCUT2D eigenvalue weighted by molar-refractivity contribution is 7.92. The first kappa shape index (κ1) is 23.0. The van der Waals surface area contributed by atoms with Crippen molar-refractivity contribution >= 4 is 21.6 Å². The number of rotatable bonds is 6. The fraction of sp³-hybridized carbons (Fsp3) is 0.269. The Balaban J connectivity index is 1.44. The summed E-state index contributed by atoms with van der Waals surface area (Å²) in [5.74, 6) is -0.0664. The Morgan fingerprint density at radius 1 is 0.848 bits per heavy atom. The lowest BCUT2D eigenvalue weighted by molar-refractivity contribution is 0.0628. The molecule has 1 fully saturated rings. The third-order valence-corrected chi connectivity index (χ3v) is 7.43. The number of nitrogens with zero attached hydrogens (tertiary/aromatic N) is 2. The van der Waals surface area contributed by atoms with Crippen molar-refractivity contribution in [2.24, 2.45) is 0 Å². The molecule has 3 aromatic carbocycles. The van der Waals surface area contributed by atoms with Crippen LogP contribution in [0.2, 0.25) is 0 Å². The lowest BCUT2D eigenvalue weighted by Crippen LogP contribution is -2.48. The Labute approximate surface area is 195 Å². The average molecular weight is 464 g/mol. The van der Waals surface area contributed by atoms with Crippen molar-refractivity contribution in [3.05, 3.63) is 95.1 Å². The fourth-order valence-corrected chi connectivity index (χ4v) is 5.14. The zero-order chi connectivity index (χ0) is 23.4. The van der Waals surface area contributed by atoms with Crippen LogP contribution in [-0.4, -0.2) is 50.3 Å². The van der Waals surface area contributed by atoms with Gasteiger partial charge in [0, 0.05) is 38.3 Å². The van der Waals surface area contributed by atoms with Crippen LogP contribution in [0.5, 0.6) is 0 Å². The Kier molecular flexibility index (Phi) is 6.81. The van der Waals surface area contributed by atoms with E-state index >= 15 is 0 Å². The second-order valence-electron chi connectivity index (χ2n) is 8.45. The number of nitrogens with one attached hydrogen (secondary N) is 1. The van der Waals surface area contributed by atoms with Crippen LogP contribution in [0.3, 0.4) is 0 Å². The molecule has 1 saturated heterocycles. The van der Waals surface area contributed by atoms with Crippen LogP contribution >= 0.6 is 0 Å². The zero-order valence-electron chi connectivity index (χ0n) is 19.0. The molecule has 0 spiro atoms. The lowest BCUT2D eigenvalue weighted by Gasteiger charge is -2.35. The maximum atomic E-state index is 13.2. The molecule has 1 amide bonds. The number of benzene rings is 3. The van der Waals surface area contributed by atoms with Gasteiger partial charge in [-0.05, 0) is 49.2 Å². The number of anilines is 1. The number of hydrogen-bond donors (Lipinski definition) is 1. The highest BCUT2D eigenvalue weighted by Crippen LogP contribution is 2.24. The van der Waals surface area contributed by atoms with Crippen LogP contribution in [-0.2, 0) is 16.6 Å². The SMILES string of the molecule is Cc1ccc(S(=O)(=O)Nc2cccc(C(=O)N3CCN(Cc4ccccc4)CC3)c2C)cc1. The molecule has 172 valence electrons. The van der Waals surface area contributed by atoms with Crippen molar-refractivity contribution < 1.29 is 13.2 Å². The van der Waals surface area contributed by atoms with E-state index in [4.69, 9.17) is 0 Å². The van der Waals surface area contributed by atoms with E-state index in [-0.39, 0.29) is 10.8 Å². The Bertz CT molecular complexity index is 1220. The minimum atomic E-state index is -3.74. The molecule has 1 N–H and O–H groups in total. The second-order valence-corrected chi connectivity index (χ2v) is 10.1. The smallest absolute Gasteiger partial charge is 0.261 e. The molecule has 7 heteroatoms. The van der Waals surface area contributed by atoms with Gasteiger partial charge in [-0.2, -0.15) is 0 Å². The molecule has 0 aliphatic carbocycles. The van der Waals surface area contributed by atoms with Crippen molar-refractivity contribution in [3.63, 3.8) is 0 Å². The number of carbonyl (C=O) groups excluding carboxylic acids is 1. The predicted octanol–water partition coefficient (Wildman–Crippen LogP) is 4.06. The van der Waals surface area contributed by atoms with Crippen LogP contribution < -0.4 is 4.72 Å². The Hall–Kier alpha value is -3.16. The van der Waals surface area contributed by atoms with Crippen LogP contribution in [0.25, 0.3) is 0 Å². The van der Waals surface area contributed by atoms with Crippen LogP contribution in [0, 0.1) is 13.8 Å². The highest BCUT2D eigenvalue weighted by atomic mass is 32.2. The molecular weight excluding hydrogens is 434 g/mol. The maximum absolute atomic E-state index is 13.2. The topological polar surface area (TPSA) is 69.7 Å². The van der Waals surface area contributed by atoms with E-state index in [2.05, 4.69) is 21.8 Å². The Morgan fingerprint density at radius 3 is 2.18 bits per heavy atom. The fourth-order valence-electron chi connectivity index (χ4n) is 4.02. The molecule has 0 radical (unpaired) electrons. The molecule has 33 heavy (non-hydrogen) atoms. The largest absolute Gasteiger partial charge is 0.336 e. The number of sulfonamides is 1. The average Bonchev–Trinajstić information content (AvgIpc) is 2.81. The lowest BCUT2D eigenvalue weighted by atomic mass is 10.1. The standard InChI is InChI=1S/C26H29N3O3S/c1-20-11-13-23(14-12-20)33(31,32)27-25-10-6-9-24(21(25)2)26(30)29-17-15-28(16-18-29)19-22-7-4-3-5-8-22/h3-14,27H,15-19H2,1-2H3. The summed E-state index contributed by atoms with van der Waals surface area (Å²) in [6.45, 7) is 7.46. The van der Waals surface area contributed by atoms with Crippen molar-refractivity contribution in [1.82, 2.24) is 9.80 Å². The molecule has 4 rings (SSSR count). The summed E-state index contributed by atoms with van der Waals surface area (Å²) < 4.78 is 28.3. The van der Waals surface area contributed by atoms with E-state index in [0.29, 0.717) is 29.9 Å². The number of aryl methyl sites for hydroxylation is 1. The summed E-state index contributed by atoms with van der Waals surface area (Å²) >= 11 is 0. The molecule has 0 saturated carbocycles. The van der Waals surface area contributed by atoms with Gasteiger partial charge in [0.15, 0.2) is 0 Å². The first-order valence-corrected chi connectivity index (χ1v) is 12.6. The van der Waals surface area contributed by atoms with Gasteiger partial charge in [0.25, 0.3) is 15.9 Å². The van der Waals surface area contributed by atoms with Gasteiger partial charge in [-0.3, -0.25) is 14.4 Å². The van der Waals surface area contributed by atoms with Gasteiger partial charge in [0.05, 0.1) is 10.6 Å². The number of amides is 1. The van der Waals surface area contributed by atoms with Crippen LogP contribution in [0.15, 0.2) is 77.7 Å². The van der Waals surface area contributed by atoms with E-state index in [1.165, 1.54) is 5.56 Å². The van der Waals surface area contributed by atoms with E-state index < -0.39 is 10.0 Å². The van der Waals surface area contributed by atoms with E-state index in [9.17, 15) is 13.2 Å². The van der Waals surface area contributed by atoms with E-state index in [1.54, 1.807) is 49.4 Å². The summed E-state index contributed by atoms with van der Waals surface area (Å²) in [4.78, 5) is 17.6. The molecule has 0 aromatic heterocycles. The summed E-state index contributed by atoms with van der Waals surface area (Å²) in [5, 5.41) is 0. The van der Waals surface area contributed by atoms with Gasteiger partial charge >= 0.3 is 0 Å². The Morgan fingerprint density at radius 2 is 1.52 bits per heavy atom. The highest BCUT2D eigenvalue weighted by Gasteiger charge is 2.24. The molecule has 1 aliphatic heterocycles. The molecule has 0 atom stereocenters. The first-order valence-electron chi connectivity index (χ1n) is 11.1. The van der Waals surface area contributed by atoms with Gasteiger partial charge in [-0.1, -0.05) is 54.1 Å².